The molecule has 0 amide bonds. The van der Waals surface area contributed by atoms with Crippen molar-refractivity contribution in [3.63, 3.8) is 0 Å². The average Bonchev–Trinajstić information content (AvgIpc) is 2.18. The number of nitrogens with zero attached hydrogens (tertiary/aromatic N) is 1. The molecule has 0 aliphatic carbocycles. The minimum Gasteiger partial charge on any atom is -0.323 e. The van der Waals surface area contributed by atoms with Crippen LogP contribution in [0, 0.1) is 18.3 Å². The molecule has 0 heterocycles. The zero-order chi connectivity index (χ0) is 10.6. The van der Waals surface area contributed by atoms with E-state index in [1.165, 1.54) is 11.1 Å². The van der Waals surface area contributed by atoms with Crippen LogP contribution in [0.1, 0.15) is 36.1 Å². The van der Waals surface area contributed by atoms with Gasteiger partial charge in [-0.2, -0.15) is 5.26 Å². The van der Waals surface area contributed by atoms with Crippen LogP contribution in [-0.2, 0) is 6.42 Å². The van der Waals surface area contributed by atoms with Crippen molar-refractivity contribution in [3.8, 4) is 6.07 Å². The summed E-state index contributed by atoms with van der Waals surface area (Å²) in [5.41, 5.74) is 9.50. The second-order valence-corrected chi connectivity index (χ2v) is 3.52. The number of aryl methyl sites for hydroxylation is 2. The summed E-state index contributed by atoms with van der Waals surface area (Å²) >= 11 is 0. The van der Waals surface area contributed by atoms with E-state index < -0.39 is 0 Å². The third-order valence-corrected chi connectivity index (χ3v) is 2.39. The molecule has 0 bridgehead atoms. The third-order valence-electron chi connectivity index (χ3n) is 2.39. The van der Waals surface area contributed by atoms with E-state index in [4.69, 9.17) is 11.0 Å². The van der Waals surface area contributed by atoms with E-state index in [1.807, 2.05) is 6.92 Å². The van der Waals surface area contributed by atoms with Gasteiger partial charge in [0.05, 0.1) is 12.5 Å². The van der Waals surface area contributed by atoms with E-state index in [0.717, 1.165) is 12.0 Å². The molecule has 2 heteroatoms. The highest BCUT2D eigenvalue weighted by Gasteiger charge is 2.09. The molecule has 0 aliphatic rings. The van der Waals surface area contributed by atoms with E-state index in [2.05, 4.69) is 31.2 Å². The number of nitriles is 1. The van der Waals surface area contributed by atoms with Gasteiger partial charge in [-0.15, -0.1) is 0 Å². The van der Waals surface area contributed by atoms with E-state index >= 15 is 0 Å². The van der Waals surface area contributed by atoms with Crippen molar-refractivity contribution in [1.29, 1.82) is 5.26 Å². The average molecular weight is 188 g/mol. The fraction of sp³-hybridized carbons (Fsp3) is 0.417. The molecule has 1 aromatic carbocycles. The van der Waals surface area contributed by atoms with Gasteiger partial charge in [-0.25, -0.2) is 0 Å². The lowest BCUT2D eigenvalue weighted by atomic mass is 9.95. The fourth-order valence-electron chi connectivity index (χ4n) is 1.59. The van der Waals surface area contributed by atoms with E-state index in [9.17, 15) is 0 Å². The quantitative estimate of drug-likeness (QED) is 0.792. The maximum atomic E-state index is 8.60. The van der Waals surface area contributed by atoms with Gasteiger partial charge in [0.1, 0.15) is 0 Å². The lowest BCUT2D eigenvalue weighted by Gasteiger charge is -2.13. The SMILES string of the molecule is CCc1ccc(C)cc1[C@@H](N)CC#N. The summed E-state index contributed by atoms with van der Waals surface area (Å²) in [4.78, 5) is 0. The van der Waals surface area contributed by atoms with Crippen molar-refractivity contribution >= 4 is 0 Å². The summed E-state index contributed by atoms with van der Waals surface area (Å²) in [6.07, 6.45) is 1.35. The van der Waals surface area contributed by atoms with Gasteiger partial charge >= 0.3 is 0 Å². The summed E-state index contributed by atoms with van der Waals surface area (Å²) in [7, 11) is 0. The lowest BCUT2D eigenvalue weighted by molar-refractivity contribution is 0.736. The highest BCUT2D eigenvalue weighted by Crippen LogP contribution is 2.20. The number of nitrogens with two attached hydrogens (primary N) is 1. The fourth-order valence-corrected chi connectivity index (χ4v) is 1.59. The maximum absolute atomic E-state index is 8.60. The van der Waals surface area contributed by atoms with Crippen LogP contribution in [0.2, 0.25) is 0 Å². The van der Waals surface area contributed by atoms with Crippen molar-refractivity contribution < 1.29 is 0 Å². The number of benzene rings is 1. The molecular formula is C12H16N2. The monoisotopic (exact) mass is 188 g/mol. The molecule has 0 fully saturated rings. The Balaban J connectivity index is 3.04. The topological polar surface area (TPSA) is 49.8 Å². The Bertz CT molecular complexity index is 350. The van der Waals surface area contributed by atoms with E-state index in [0.29, 0.717) is 6.42 Å². The van der Waals surface area contributed by atoms with Crippen molar-refractivity contribution in [1.82, 2.24) is 0 Å². The van der Waals surface area contributed by atoms with Gasteiger partial charge in [0, 0.05) is 6.04 Å². The van der Waals surface area contributed by atoms with Crippen molar-refractivity contribution in [2.45, 2.75) is 32.7 Å². The minimum absolute atomic E-state index is 0.144. The zero-order valence-corrected chi connectivity index (χ0v) is 8.75. The summed E-state index contributed by atoms with van der Waals surface area (Å²) in [6.45, 7) is 4.15. The summed E-state index contributed by atoms with van der Waals surface area (Å²) in [5.74, 6) is 0. The largest absolute Gasteiger partial charge is 0.323 e. The standard InChI is InChI=1S/C12H16N2/c1-3-10-5-4-9(2)8-11(10)12(14)6-7-13/h4-5,8,12H,3,6,14H2,1-2H3/t12-/m0/s1. The van der Waals surface area contributed by atoms with Crippen LogP contribution < -0.4 is 5.73 Å². The van der Waals surface area contributed by atoms with Crippen LogP contribution in [0.15, 0.2) is 18.2 Å². The molecule has 0 aromatic heterocycles. The van der Waals surface area contributed by atoms with Crippen molar-refractivity contribution in [2.75, 3.05) is 0 Å². The van der Waals surface area contributed by atoms with Crippen LogP contribution >= 0.6 is 0 Å². The molecule has 0 aliphatic heterocycles. The molecule has 2 nitrogen and oxygen atoms in total. The van der Waals surface area contributed by atoms with Gasteiger partial charge in [-0.05, 0) is 24.5 Å². The Kier molecular flexibility index (Phi) is 3.67. The van der Waals surface area contributed by atoms with Gasteiger partial charge in [-0.1, -0.05) is 30.7 Å². The normalized spacial score (nSPS) is 12.1. The molecule has 2 N–H and O–H groups in total. The summed E-state index contributed by atoms with van der Waals surface area (Å²) in [5, 5.41) is 8.60. The first-order valence-corrected chi connectivity index (χ1v) is 4.91. The second kappa shape index (κ2) is 4.78. The molecule has 14 heavy (non-hydrogen) atoms. The maximum Gasteiger partial charge on any atom is 0.0641 e. The Labute approximate surface area is 85.4 Å². The highest BCUT2D eigenvalue weighted by molar-refractivity contribution is 5.34. The first-order chi connectivity index (χ1) is 6.69. The van der Waals surface area contributed by atoms with Gasteiger partial charge in [-0.3, -0.25) is 0 Å². The summed E-state index contributed by atoms with van der Waals surface area (Å²) < 4.78 is 0. The molecule has 1 rings (SSSR count). The number of hydrogen-bond acceptors (Lipinski definition) is 2. The van der Waals surface area contributed by atoms with Gasteiger partial charge in [0.15, 0.2) is 0 Å². The van der Waals surface area contributed by atoms with Crippen molar-refractivity contribution in [2.24, 2.45) is 5.73 Å². The molecular weight excluding hydrogens is 172 g/mol. The zero-order valence-electron chi connectivity index (χ0n) is 8.75. The van der Waals surface area contributed by atoms with E-state index in [-0.39, 0.29) is 6.04 Å². The van der Waals surface area contributed by atoms with Crippen LogP contribution in [0.3, 0.4) is 0 Å². The predicted molar refractivity (Wildman–Crippen MR) is 57.7 cm³/mol. The molecule has 0 saturated heterocycles. The molecule has 0 unspecified atom stereocenters. The number of hydrogen-bond donors (Lipinski definition) is 1. The van der Waals surface area contributed by atoms with Gasteiger partial charge in [0.2, 0.25) is 0 Å². The Morgan fingerprint density at radius 1 is 1.50 bits per heavy atom. The number of rotatable bonds is 3. The molecule has 0 saturated carbocycles. The first kappa shape index (κ1) is 10.7. The Morgan fingerprint density at radius 2 is 2.21 bits per heavy atom. The highest BCUT2D eigenvalue weighted by atomic mass is 14.6. The minimum atomic E-state index is -0.144. The molecule has 1 aromatic rings. The van der Waals surface area contributed by atoms with Gasteiger partial charge in [0.25, 0.3) is 0 Å². The molecule has 0 radical (unpaired) electrons. The molecule has 1 atom stereocenters. The Morgan fingerprint density at radius 3 is 2.79 bits per heavy atom. The van der Waals surface area contributed by atoms with Crippen LogP contribution in [0.5, 0.6) is 0 Å². The van der Waals surface area contributed by atoms with Crippen LogP contribution in [-0.4, -0.2) is 0 Å². The molecule has 74 valence electrons. The summed E-state index contributed by atoms with van der Waals surface area (Å²) in [6, 6.07) is 8.24. The smallest absolute Gasteiger partial charge is 0.0641 e. The van der Waals surface area contributed by atoms with Gasteiger partial charge < -0.3 is 5.73 Å². The Hall–Kier alpha value is -1.33. The van der Waals surface area contributed by atoms with Crippen molar-refractivity contribution in [3.05, 3.63) is 34.9 Å². The lowest BCUT2D eigenvalue weighted by Crippen LogP contribution is -2.12. The van der Waals surface area contributed by atoms with Crippen LogP contribution in [0.25, 0.3) is 0 Å². The van der Waals surface area contributed by atoms with E-state index in [1.54, 1.807) is 0 Å². The third kappa shape index (κ3) is 2.34. The second-order valence-electron chi connectivity index (χ2n) is 3.52. The molecule has 0 spiro atoms. The first-order valence-electron chi connectivity index (χ1n) is 4.91. The van der Waals surface area contributed by atoms with Crippen LogP contribution in [0.4, 0.5) is 0 Å². The predicted octanol–water partition coefficient (Wildman–Crippen LogP) is 2.47.